The SMILES string of the molecule is COCc1cc(C)n(CC(=O)Nc2nc(-c3ccc(C)cc3)cs2)c(=O)c1C#N. The molecule has 148 valence electrons. The Bertz CT molecular complexity index is 1140. The van der Waals surface area contributed by atoms with Gasteiger partial charge in [-0.05, 0) is 19.9 Å². The van der Waals surface area contributed by atoms with Crippen LogP contribution >= 0.6 is 11.3 Å². The molecule has 0 unspecified atom stereocenters. The topological polar surface area (TPSA) is 97.0 Å². The summed E-state index contributed by atoms with van der Waals surface area (Å²) in [6.45, 7) is 3.69. The first-order valence-corrected chi connectivity index (χ1v) is 9.75. The van der Waals surface area contributed by atoms with Crippen LogP contribution in [-0.4, -0.2) is 22.6 Å². The average molecular weight is 408 g/mol. The number of carbonyl (C=O) groups excluding carboxylic acids is 1. The standard InChI is InChI=1S/C21H20N4O3S/c1-13-4-6-15(7-5-13)18-12-29-21(23-18)24-19(26)10-25-14(2)8-16(11-28-3)17(9-22)20(25)27/h4-8,12H,10-11H2,1-3H3,(H,23,24,26). The molecular formula is C21H20N4O3S. The second kappa shape index (κ2) is 8.82. The summed E-state index contributed by atoms with van der Waals surface area (Å²) in [5.74, 6) is -0.386. The number of nitriles is 1. The highest BCUT2D eigenvalue weighted by molar-refractivity contribution is 7.14. The van der Waals surface area contributed by atoms with Gasteiger partial charge in [0, 0.05) is 29.3 Å². The maximum absolute atomic E-state index is 12.6. The fourth-order valence-electron chi connectivity index (χ4n) is 2.91. The van der Waals surface area contributed by atoms with E-state index in [9.17, 15) is 14.9 Å². The molecule has 0 fully saturated rings. The average Bonchev–Trinajstić information content (AvgIpc) is 3.14. The van der Waals surface area contributed by atoms with Crippen LogP contribution in [0.3, 0.4) is 0 Å². The van der Waals surface area contributed by atoms with E-state index in [1.165, 1.54) is 23.0 Å². The van der Waals surface area contributed by atoms with Gasteiger partial charge in [0.15, 0.2) is 5.13 Å². The third-order valence-electron chi connectivity index (χ3n) is 4.40. The predicted octanol–water partition coefficient (Wildman–Crippen LogP) is 3.25. The molecule has 7 nitrogen and oxygen atoms in total. The molecule has 3 rings (SSSR count). The van der Waals surface area contributed by atoms with Gasteiger partial charge in [-0.1, -0.05) is 29.8 Å². The van der Waals surface area contributed by atoms with Gasteiger partial charge < -0.3 is 14.6 Å². The largest absolute Gasteiger partial charge is 0.380 e. The number of nitrogens with one attached hydrogen (secondary N) is 1. The molecule has 0 atom stereocenters. The fourth-order valence-corrected chi connectivity index (χ4v) is 3.65. The maximum atomic E-state index is 12.6. The Morgan fingerprint density at radius 1 is 1.31 bits per heavy atom. The number of hydrogen-bond donors (Lipinski definition) is 1. The Morgan fingerprint density at radius 2 is 2.03 bits per heavy atom. The lowest BCUT2D eigenvalue weighted by molar-refractivity contribution is -0.116. The third kappa shape index (κ3) is 4.59. The zero-order valence-corrected chi connectivity index (χ0v) is 17.2. The molecule has 0 radical (unpaired) electrons. The van der Waals surface area contributed by atoms with E-state index in [2.05, 4.69) is 10.3 Å². The van der Waals surface area contributed by atoms with Gasteiger partial charge >= 0.3 is 0 Å². The Hall–Kier alpha value is -3.28. The summed E-state index contributed by atoms with van der Waals surface area (Å²) < 4.78 is 6.32. The van der Waals surface area contributed by atoms with Crippen LogP contribution in [0.25, 0.3) is 11.3 Å². The number of pyridine rings is 1. The molecule has 2 heterocycles. The minimum absolute atomic E-state index is 0.0128. The van der Waals surface area contributed by atoms with Gasteiger partial charge in [-0.25, -0.2) is 4.98 Å². The number of anilines is 1. The van der Waals surface area contributed by atoms with E-state index in [0.717, 1.165) is 16.8 Å². The van der Waals surface area contributed by atoms with Crippen molar-refractivity contribution in [3.63, 3.8) is 0 Å². The Balaban J connectivity index is 1.77. The van der Waals surface area contributed by atoms with E-state index < -0.39 is 5.56 Å². The summed E-state index contributed by atoms with van der Waals surface area (Å²) >= 11 is 1.31. The molecule has 0 aliphatic carbocycles. The molecule has 0 aliphatic heterocycles. The van der Waals surface area contributed by atoms with Gasteiger partial charge in [0.2, 0.25) is 5.91 Å². The molecule has 8 heteroatoms. The van der Waals surface area contributed by atoms with Crippen molar-refractivity contribution in [2.45, 2.75) is 27.0 Å². The number of nitrogens with zero attached hydrogens (tertiary/aromatic N) is 3. The summed E-state index contributed by atoms with van der Waals surface area (Å²) in [7, 11) is 1.49. The molecular weight excluding hydrogens is 388 g/mol. The lowest BCUT2D eigenvalue weighted by atomic mass is 10.1. The molecule has 0 aliphatic rings. The molecule has 1 aromatic carbocycles. The quantitative estimate of drug-likeness (QED) is 0.675. The highest BCUT2D eigenvalue weighted by Crippen LogP contribution is 2.25. The molecule has 0 saturated heterocycles. The van der Waals surface area contributed by atoms with Gasteiger partial charge in [0.1, 0.15) is 18.2 Å². The van der Waals surface area contributed by atoms with Crippen molar-refractivity contribution in [3.05, 3.63) is 68.4 Å². The van der Waals surface area contributed by atoms with Crippen LogP contribution in [0.5, 0.6) is 0 Å². The first kappa shape index (κ1) is 20.5. The van der Waals surface area contributed by atoms with Crippen molar-refractivity contribution in [2.24, 2.45) is 0 Å². The summed E-state index contributed by atoms with van der Waals surface area (Å²) in [6, 6.07) is 11.6. The first-order chi connectivity index (χ1) is 13.9. The van der Waals surface area contributed by atoms with E-state index in [0.29, 0.717) is 16.4 Å². The second-order valence-electron chi connectivity index (χ2n) is 6.57. The highest BCUT2D eigenvalue weighted by Gasteiger charge is 2.16. The van der Waals surface area contributed by atoms with Gasteiger partial charge in [-0.2, -0.15) is 5.26 Å². The molecule has 1 N–H and O–H groups in total. The van der Waals surface area contributed by atoms with Crippen molar-refractivity contribution in [1.29, 1.82) is 5.26 Å². The number of hydrogen-bond acceptors (Lipinski definition) is 6. The van der Waals surface area contributed by atoms with E-state index in [1.54, 1.807) is 13.0 Å². The predicted molar refractivity (Wildman–Crippen MR) is 112 cm³/mol. The molecule has 1 amide bonds. The van der Waals surface area contributed by atoms with E-state index in [-0.39, 0.29) is 24.6 Å². The summed E-state index contributed by atoms with van der Waals surface area (Å²) in [6.07, 6.45) is 0. The van der Waals surface area contributed by atoms with Crippen LogP contribution in [0, 0.1) is 25.2 Å². The van der Waals surface area contributed by atoms with Gasteiger partial charge in [0.05, 0.1) is 12.3 Å². The number of ether oxygens (including phenoxy) is 1. The molecule has 3 aromatic rings. The summed E-state index contributed by atoms with van der Waals surface area (Å²) in [5, 5.41) is 14.4. The molecule has 0 spiro atoms. The number of rotatable bonds is 6. The van der Waals surface area contributed by atoms with E-state index >= 15 is 0 Å². The number of benzene rings is 1. The van der Waals surface area contributed by atoms with Gasteiger partial charge in [0.25, 0.3) is 5.56 Å². The lowest BCUT2D eigenvalue weighted by Gasteiger charge is -2.12. The van der Waals surface area contributed by atoms with E-state index in [4.69, 9.17) is 4.74 Å². The smallest absolute Gasteiger partial charge is 0.269 e. The zero-order valence-electron chi connectivity index (χ0n) is 16.4. The lowest BCUT2D eigenvalue weighted by Crippen LogP contribution is -2.31. The van der Waals surface area contributed by atoms with Crippen LogP contribution in [0.2, 0.25) is 0 Å². The van der Waals surface area contributed by atoms with Crippen molar-refractivity contribution >= 4 is 22.4 Å². The fraction of sp³-hybridized carbons (Fsp3) is 0.238. The number of carbonyl (C=O) groups is 1. The number of amides is 1. The summed E-state index contributed by atoms with van der Waals surface area (Å²) in [5.41, 5.74) is 3.47. The normalized spacial score (nSPS) is 10.6. The zero-order chi connectivity index (χ0) is 21.0. The number of aryl methyl sites for hydroxylation is 2. The number of thiazole rings is 1. The van der Waals surface area contributed by atoms with Crippen LogP contribution in [0.15, 0.2) is 40.5 Å². The maximum Gasteiger partial charge on any atom is 0.269 e. The molecule has 29 heavy (non-hydrogen) atoms. The van der Waals surface area contributed by atoms with Gasteiger partial charge in [-0.3, -0.25) is 9.59 Å². The minimum atomic E-state index is -0.505. The van der Waals surface area contributed by atoms with Crippen molar-refractivity contribution in [3.8, 4) is 17.3 Å². The van der Waals surface area contributed by atoms with Gasteiger partial charge in [-0.15, -0.1) is 11.3 Å². The second-order valence-corrected chi connectivity index (χ2v) is 7.43. The number of aromatic nitrogens is 2. The Kier molecular flexibility index (Phi) is 6.22. The van der Waals surface area contributed by atoms with Crippen LogP contribution < -0.4 is 10.9 Å². The van der Waals surface area contributed by atoms with Crippen LogP contribution in [0.4, 0.5) is 5.13 Å². The highest BCUT2D eigenvalue weighted by atomic mass is 32.1. The molecule has 0 saturated carbocycles. The molecule has 0 bridgehead atoms. The minimum Gasteiger partial charge on any atom is -0.380 e. The van der Waals surface area contributed by atoms with Crippen molar-refractivity contribution in [2.75, 3.05) is 12.4 Å². The third-order valence-corrected chi connectivity index (χ3v) is 5.16. The number of methoxy groups -OCH3 is 1. The monoisotopic (exact) mass is 408 g/mol. The van der Waals surface area contributed by atoms with E-state index in [1.807, 2.05) is 42.6 Å². The first-order valence-electron chi connectivity index (χ1n) is 8.87. The van der Waals surface area contributed by atoms with Crippen LogP contribution in [0.1, 0.15) is 22.4 Å². The van der Waals surface area contributed by atoms with Crippen molar-refractivity contribution in [1.82, 2.24) is 9.55 Å². The summed E-state index contributed by atoms with van der Waals surface area (Å²) in [4.78, 5) is 29.5. The molecule has 2 aromatic heterocycles. The Morgan fingerprint density at radius 3 is 2.69 bits per heavy atom. The Labute approximate surface area is 172 Å². The van der Waals surface area contributed by atoms with Crippen LogP contribution in [-0.2, 0) is 22.7 Å². The van der Waals surface area contributed by atoms with Crippen molar-refractivity contribution < 1.29 is 9.53 Å².